The summed E-state index contributed by atoms with van der Waals surface area (Å²) in [6, 6.07) is 3.43. The average Bonchev–Trinajstić information content (AvgIpc) is 2.77. The highest BCUT2D eigenvalue weighted by molar-refractivity contribution is 5.90. The fourth-order valence-electron chi connectivity index (χ4n) is 1.36. The van der Waals surface area contributed by atoms with Gasteiger partial charge in [-0.15, -0.1) is 5.10 Å². The minimum absolute atomic E-state index is 0.00934. The van der Waals surface area contributed by atoms with Gasteiger partial charge in [0.15, 0.2) is 11.6 Å². The Bertz CT molecular complexity index is 582. The molecule has 5 nitrogen and oxygen atoms in total. The summed E-state index contributed by atoms with van der Waals surface area (Å²) in [5, 5.41) is 8.71. The maximum atomic E-state index is 12.9. The van der Waals surface area contributed by atoms with E-state index in [1.54, 1.807) is 6.92 Å². The third kappa shape index (κ3) is 2.68. The predicted octanol–water partition coefficient (Wildman–Crippen LogP) is 1.32. The molecule has 2 N–H and O–H groups in total. The quantitative estimate of drug-likeness (QED) is 0.865. The van der Waals surface area contributed by atoms with Gasteiger partial charge < -0.3 is 5.32 Å². The molecule has 0 radical (unpaired) electrons. The van der Waals surface area contributed by atoms with Crippen molar-refractivity contribution in [1.82, 2.24) is 20.5 Å². The zero-order valence-corrected chi connectivity index (χ0v) is 9.50. The van der Waals surface area contributed by atoms with E-state index in [4.69, 9.17) is 0 Å². The number of benzene rings is 1. The number of hydrogen-bond donors (Lipinski definition) is 2. The lowest BCUT2D eigenvalue weighted by atomic mass is 10.2. The van der Waals surface area contributed by atoms with Crippen molar-refractivity contribution < 1.29 is 13.6 Å². The first-order chi connectivity index (χ1) is 8.56. The van der Waals surface area contributed by atoms with Crippen LogP contribution in [0.25, 0.3) is 0 Å². The summed E-state index contributed by atoms with van der Waals surface area (Å²) in [5.74, 6) is -1.82. The van der Waals surface area contributed by atoms with Crippen LogP contribution in [-0.2, 0) is 6.54 Å². The minimum Gasteiger partial charge on any atom is -0.345 e. The van der Waals surface area contributed by atoms with Gasteiger partial charge in [0.2, 0.25) is 5.82 Å². The predicted molar refractivity (Wildman–Crippen MR) is 58.6 cm³/mol. The van der Waals surface area contributed by atoms with Crippen LogP contribution in [-0.4, -0.2) is 21.1 Å². The van der Waals surface area contributed by atoms with Gasteiger partial charge in [0.1, 0.15) is 5.82 Å². The number of aryl methyl sites for hydroxylation is 1. The lowest BCUT2D eigenvalue weighted by Crippen LogP contribution is -2.24. The van der Waals surface area contributed by atoms with Crippen molar-refractivity contribution in [2.45, 2.75) is 13.5 Å². The van der Waals surface area contributed by atoms with Gasteiger partial charge >= 0.3 is 0 Å². The molecule has 2 rings (SSSR count). The minimum atomic E-state index is -0.949. The van der Waals surface area contributed by atoms with Crippen molar-refractivity contribution in [3.8, 4) is 0 Å². The molecule has 0 unspecified atom stereocenters. The Morgan fingerprint density at radius 3 is 2.78 bits per heavy atom. The van der Waals surface area contributed by atoms with Gasteiger partial charge in [-0.05, 0) is 24.6 Å². The highest BCUT2D eigenvalue weighted by Crippen LogP contribution is 2.08. The van der Waals surface area contributed by atoms with Crippen LogP contribution < -0.4 is 5.32 Å². The van der Waals surface area contributed by atoms with E-state index in [1.165, 1.54) is 6.07 Å². The van der Waals surface area contributed by atoms with Gasteiger partial charge in [-0.1, -0.05) is 6.07 Å². The normalized spacial score (nSPS) is 10.4. The van der Waals surface area contributed by atoms with Gasteiger partial charge in [-0.25, -0.2) is 13.8 Å². The van der Waals surface area contributed by atoms with Gasteiger partial charge in [0.05, 0.1) is 0 Å². The molecule has 0 bridgehead atoms. The fraction of sp³-hybridized carbons (Fsp3) is 0.182. The zero-order chi connectivity index (χ0) is 13.1. The van der Waals surface area contributed by atoms with E-state index < -0.39 is 17.5 Å². The lowest BCUT2D eigenvalue weighted by Gasteiger charge is -2.03. The van der Waals surface area contributed by atoms with Gasteiger partial charge in [0, 0.05) is 6.54 Å². The summed E-state index contributed by atoms with van der Waals surface area (Å²) in [6.07, 6.45) is 0. The molecule has 0 aliphatic rings. The first kappa shape index (κ1) is 12.2. The number of carbonyl (C=O) groups excluding carboxylic acids is 1. The largest absolute Gasteiger partial charge is 0.345 e. The molecular formula is C11H10F2N4O. The van der Waals surface area contributed by atoms with Crippen LogP contribution in [0.15, 0.2) is 18.2 Å². The van der Waals surface area contributed by atoms with Gasteiger partial charge in [-0.3, -0.25) is 9.89 Å². The van der Waals surface area contributed by atoms with E-state index in [0.717, 1.165) is 12.1 Å². The number of hydrogen-bond acceptors (Lipinski definition) is 3. The first-order valence-electron chi connectivity index (χ1n) is 5.17. The van der Waals surface area contributed by atoms with E-state index >= 15 is 0 Å². The second-order valence-corrected chi connectivity index (χ2v) is 3.68. The molecule has 0 fully saturated rings. The molecule has 1 aromatic heterocycles. The van der Waals surface area contributed by atoms with Gasteiger partial charge in [-0.2, -0.15) is 0 Å². The maximum Gasteiger partial charge on any atom is 0.291 e. The summed E-state index contributed by atoms with van der Waals surface area (Å²) in [5.41, 5.74) is 0.453. The molecule has 0 saturated carbocycles. The van der Waals surface area contributed by atoms with Gasteiger partial charge in [0.25, 0.3) is 5.91 Å². The first-order valence-corrected chi connectivity index (χ1v) is 5.17. The van der Waals surface area contributed by atoms with Crippen molar-refractivity contribution >= 4 is 5.91 Å². The molecule has 0 atom stereocenters. The lowest BCUT2D eigenvalue weighted by molar-refractivity contribution is 0.0941. The molecule has 1 aromatic carbocycles. The smallest absolute Gasteiger partial charge is 0.291 e. The molecule has 1 amide bonds. The summed E-state index contributed by atoms with van der Waals surface area (Å²) in [6.45, 7) is 1.74. The van der Waals surface area contributed by atoms with Crippen LogP contribution in [0.2, 0.25) is 0 Å². The zero-order valence-electron chi connectivity index (χ0n) is 9.50. The molecule has 1 heterocycles. The molecule has 0 aliphatic heterocycles. The standard InChI is InChI=1S/C11H10F2N4O/c1-6-15-10(17-16-6)11(18)14-5-7-2-3-8(12)9(13)4-7/h2-4H,5H2,1H3,(H,14,18)(H,15,16,17). The molecule has 7 heteroatoms. The molecule has 0 aliphatic carbocycles. The molecule has 2 aromatic rings. The summed E-state index contributed by atoms with van der Waals surface area (Å²) >= 11 is 0. The highest BCUT2D eigenvalue weighted by Gasteiger charge is 2.11. The van der Waals surface area contributed by atoms with Crippen LogP contribution >= 0.6 is 0 Å². The van der Waals surface area contributed by atoms with E-state index in [9.17, 15) is 13.6 Å². The van der Waals surface area contributed by atoms with E-state index in [0.29, 0.717) is 11.4 Å². The number of H-pyrrole nitrogens is 1. The Morgan fingerprint density at radius 2 is 2.17 bits per heavy atom. The van der Waals surface area contributed by atoms with Crippen molar-refractivity contribution in [3.63, 3.8) is 0 Å². The van der Waals surface area contributed by atoms with Crippen LogP contribution in [0.5, 0.6) is 0 Å². The Hall–Kier alpha value is -2.31. The van der Waals surface area contributed by atoms with Crippen LogP contribution in [0.1, 0.15) is 22.0 Å². The molecular weight excluding hydrogens is 242 g/mol. The number of nitrogens with one attached hydrogen (secondary N) is 2. The van der Waals surface area contributed by atoms with Crippen LogP contribution in [0, 0.1) is 18.6 Å². The summed E-state index contributed by atoms with van der Waals surface area (Å²) in [7, 11) is 0. The molecule has 0 saturated heterocycles. The third-order valence-corrected chi connectivity index (χ3v) is 2.24. The topological polar surface area (TPSA) is 70.7 Å². The second-order valence-electron chi connectivity index (χ2n) is 3.68. The molecule has 18 heavy (non-hydrogen) atoms. The Balaban J connectivity index is 1.99. The number of aromatic amines is 1. The van der Waals surface area contributed by atoms with E-state index in [2.05, 4.69) is 20.5 Å². The van der Waals surface area contributed by atoms with Crippen molar-refractivity contribution in [3.05, 3.63) is 47.0 Å². The SMILES string of the molecule is Cc1nc(C(=O)NCc2ccc(F)c(F)c2)n[nH]1. The maximum absolute atomic E-state index is 12.9. The third-order valence-electron chi connectivity index (χ3n) is 2.24. The monoisotopic (exact) mass is 252 g/mol. The second kappa shape index (κ2) is 4.91. The average molecular weight is 252 g/mol. The van der Waals surface area contributed by atoms with Crippen molar-refractivity contribution in [1.29, 1.82) is 0 Å². The van der Waals surface area contributed by atoms with Crippen molar-refractivity contribution in [2.75, 3.05) is 0 Å². The number of carbonyl (C=O) groups is 1. The van der Waals surface area contributed by atoms with Crippen molar-refractivity contribution in [2.24, 2.45) is 0 Å². The molecule has 0 spiro atoms. The number of rotatable bonds is 3. The van der Waals surface area contributed by atoms with E-state index in [-0.39, 0.29) is 12.4 Å². The number of nitrogens with zero attached hydrogens (tertiary/aromatic N) is 2. The van der Waals surface area contributed by atoms with Crippen LogP contribution in [0.4, 0.5) is 8.78 Å². The molecule has 94 valence electrons. The number of halogens is 2. The fourth-order valence-corrected chi connectivity index (χ4v) is 1.36. The Labute approximate surface area is 101 Å². The Morgan fingerprint density at radius 1 is 1.39 bits per heavy atom. The van der Waals surface area contributed by atoms with E-state index in [1.807, 2.05) is 0 Å². The Kier molecular flexibility index (Phi) is 3.31. The highest BCUT2D eigenvalue weighted by atomic mass is 19.2. The summed E-state index contributed by atoms with van der Waals surface area (Å²) < 4.78 is 25.6. The summed E-state index contributed by atoms with van der Waals surface area (Å²) in [4.78, 5) is 15.4. The van der Waals surface area contributed by atoms with Crippen LogP contribution in [0.3, 0.4) is 0 Å². The number of aromatic nitrogens is 3. The number of amides is 1.